The number of hydrogen-bond acceptors (Lipinski definition) is 3. The van der Waals surface area contributed by atoms with Crippen molar-refractivity contribution in [1.29, 1.82) is 0 Å². The predicted octanol–water partition coefficient (Wildman–Crippen LogP) is 2.72. The number of thiocarbonyl (C=S) groups is 1. The monoisotopic (exact) mass is 289 g/mol. The third-order valence-electron chi connectivity index (χ3n) is 2.98. The molecule has 0 unspecified atom stereocenters. The number of nitrogens with two attached hydrogens (primary N) is 1. The largest absolute Gasteiger partial charge is 0.492 e. The van der Waals surface area contributed by atoms with Gasteiger partial charge in [-0.3, -0.25) is 0 Å². The van der Waals surface area contributed by atoms with E-state index in [1.807, 2.05) is 36.7 Å². The minimum Gasteiger partial charge on any atom is -0.492 e. The van der Waals surface area contributed by atoms with E-state index in [0.29, 0.717) is 17.5 Å². The van der Waals surface area contributed by atoms with Crippen molar-refractivity contribution >= 4 is 17.2 Å². The van der Waals surface area contributed by atoms with Gasteiger partial charge in [0.15, 0.2) is 0 Å². The minimum absolute atomic E-state index is 0.382. The van der Waals surface area contributed by atoms with Gasteiger partial charge in [-0.1, -0.05) is 38.2 Å². The topological polar surface area (TPSA) is 53.1 Å². The molecule has 0 fully saturated rings. The van der Waals surface area contributed by atoms with Crippen LogP contribution < -0.4 is 10.5 Å². The van der Waals surface area contributed by atoms with Gasteiger partial charge in [0.05, 0.1) is 6.54 Å². The van der Waals surface area contributed by atoms with Crippen molar-refractivity contribution in [3.05, 3.63) is 48.0 Å². The molecule has 106 valence electrons. The first-order valence-electron chi connectivity index (χ1n) is 6.61. The van der Waals surface area contributed by atoms with E-state index in [9.17, 15) is 0 Å². The minimum atomic E-state index is 0.382. The van der Waals surface area contributed by atoms with Crippen molar-refractivity contribution in [1.82, 2.24) is 9.55 Å². The smallest absolute Gasteiger partial charge is 0.120 e. The lowest BCUT2D eigenvalue weighted by atomic mass is 10.2. The zero-order valence-electron chi connectivity index (χ0n) is 11.7. The fourth-order valence-electron chi connectivity index (χ4n) is 2.01. The van der Waals surface area contributed by atoms with Crippen molar-refractivity contribution in [3.63, 3.8) is 0 Å². The van der Waals surface area contributed by atoms with Crippen LogP contribution in [0.3, 0.4) is 0 Å². The summed E-state index contributed by atoms with van der Waals surface area (Å²) in [6, 6.07) is 7.53. The average Bonchev–Trinajstić information content (AvgIpc) is 2.87. The van der Waals surface area contributed by atoms with E-state index in [4.69, 9.17) is 22.7 Å². The Labute approximate surface area is 124 Å². The number of aromatic nitrogens is 2. The molecular weight excluding hydrogens is 270 g/mol. The molecule has 4 nitrogen and oxygen atoms in total. The second-order valence-corrected chi connectivity index (χ2v) is 5.31. The van der Waals surface area contributed by atoms with Crippen molar-refractivity contribution in [3.8, 4) is 5.75 Å². The molecular formula is C15H19N3OS. The quantitative estimate of drug-likeness (QED) is 0.831. The fraction of sp³-hybridized carbons (Fsp3) is 0.333. The molecule has 0 amide bonds. The second kappa shape index (κ2) is 6.52. The lowest BCUT2D eigenvalue weighted by molar-refractivity contribution is 0.295. The summed E-state index contributed by atoms with van der Waals surface area (Å²) in [5.41, 5.74) is 6.43. The van der Waals surface area contributed by atoms with Crippen LogP contribution in [0.1, 0.15) is 31.2 Å². The molecule has 0 atom stereocenters. The summed E-state index contributed by atoms with van der Waals surface area (Å²) in [6.45, 7) is 5.61. The second-order valence-electron chi connectivity index (χ2n) is 4.87. The molecule has 2 rings (SSSR count). The van der Waals surface area contributed by atoms with Gasteiger partial charge in [0.1, 0.15) is 23.2 Å². The van der Waals surface area contributed by atoms with Crippen LogP contribution >= 0.6 is 12.2 Å². The van der Waals surface area contributed by atoms with Crippen LogP contribution in [-0.4, -0.2) is 21.1 Å². The summed E-state index contributed by atoms with van der Waals surface area (Å²) in [7, 11) is 0. The Hall–Kier alpha value is -1.88. The first-order chi connectivity index (χ1) is 9.58. The van der Waals surface area contributed by atoms with Gasteiger partial charge >= 0.3 is 0 Å². The molecule has 2 aromatic rings. The Morgan fingerprint density at radius 3 is 2.95 bits per heavy atom. The van der Waals surface area contributed by atoms with E-state index in [-0.39, 0.29) is 0 Å². The molecule has 1 heterocycles. The third-order valence-corrected chi connectivity index (χ3v) is 3.22. The number of benzene rings is 1. The normalized spacial score (nSPS) is 10.8. The maximum absolute atomic E-state index is 5.74. The molecule has 0 saturated carbocycles. The lowest BCUT2D eigenvalue weighted by Gasteiger charge is -2.11. The molecule has 1 aromatic carbocycles. The van der Waals surface area contributed by atoms with Crippen molar-refractivity contribution < 1.29 is 4.74 Å². The van der Waals surface area contributed by atoms with Gasteiger partial charge in [0.25, 0.3) is 0 Å². The van der Waals surface area contributed by atoms with Crippen molar-refractivity contribution in [2.24, 2.45) is 5.73 Å². The first-order valence-corrected chi connectivity index (χ1v) is 7.02. The predicted molar refractivity (Wildman–Crippen MR) is 84.1 cm³/mol. The molecule has 0 aliphatic carbocycles. The van der Waals surface area contributed by atoms with Gasteiger partial charge in [-0.15, -0.1) is 0 Å². The zero-order valence-corrected chi connectivity index (χ0v) is 12.6. The van der Waals surface area contributed by atoms with E-state index >= 15 is 0 Å². The van der Waals surface area contributed by atoms with Crippen LogP contribution in [0.25, 0.3) is 0 Å². The molecule has 0 bridgehead atoms. The van der Waals surface area contributed by atoms with E-state index in [1.165, 1.54) is 0 Å². The van der Waals surface area contributed by atoms with E-state index in [2.05, 4.69) is 23.4 Å². The van der Waals surface area contributed by atoms with Gasteiger partial charge in [0, 0.05) is 23.9 Å². The van der Waals surface area contributed by atoms with Crippen LogP contribution in [0, 0.1) is 0 Å². The fourth-order valence-corrected chi connectivity index (χ4v) is 2.14. The van der Waals surface area contributed by atoms with Gasteiger partial charge in [-0.2, -0.15) is 0 Å². The van der Waals surface area contributed by atoms with Crippen LogP contribution in [0.15, 0.2) is 36.7 Å². The molecule has 0 spiro atoms. The molecule has 5 heteroatoms. The highest BCUT2D eigenvalue weighted by Gasteiger charge is 2.07. The number of nitrogens with zero attached hydrogens (tertiary/aromatic N) is 2. The van der Waals surface area contributed by atoms with Crippen LogP contribution in [0.4, 0.5) is 0 Å². The Kier molecular flexibility index (Phi) is 4.74. The molecule has 20 heavy (non-hydrogen) atoms. The van der Waals surface area contributed by atoms with Gasteiger partial charge in [0.2, 0.25) is 0 Å². The van der Waals surface area contributed by atoms with Crippen LogP contribution in [-0.2, 0) is 6.54 Å². The summed E-state index contributed by atoms with van der Waals surface area (Å²) in [4.78, 5) is 4.73. The number of rotatable bonds is 6. The molecule has 1 aromatic heterocycles. The Morgan fingerprint density at radius 1 is 1.45 bits per heavy atom. The standard InChI is InChI=1S/C15H19N3OS/c1-11(2)15-17-6-7-18(15)8-9-19-13-5-3-4-12(10-13)14(16)20/h3-7,10-11H,8-9H2,1-2H3,(H2,16,20). The van der Waals surface area contributed by atoms with Gasteiger partial charge in [-0.25, -0.2) is 4.98 Å². The highest BCUT2D eigenvalue weighted by Crippen LogP contribution is 2.14. The SMILES string of the molecule is CC(C)c1nccn1CCOc1cccc(C(N)=S)c1. The highest BCUT2D eigenvalue weighted by molar-refractivity contribution is 7.80. The third kappa shape index (κ3) is 3.57. The van der Waals surface area contributed by atoms with E-state index in [1.54, 1.807) is 0 Å². The Balaban J connectivity index is 1.94. The summed E-state index contributed by atoms with van der Waals surface area (Å²) in [6.07, 6.45) is 3.80. The van der Waals surface area contributed by atoms with Gasteiger partial charge < -0.3 is 15.0 Å². The van der Waals surface area contributed by atoms with E-state index < -0.39 is 0 Å². The Bertz CT molecular complexity index is 592. The first kappa shape index (κ1) is 14.5. The highest BCUT2D eigenvalue weighted by atomic mass is 32.1. The Morgan fingerprint density at radius 2 is 2.25 bits per heavy atom. The maximum Gasteiger partial charge on any atom is 0.120 e. The average molecular weight is 289 g/mol. The molecule has 0 saturated heterocycles. The van der Waals surface area contributed by atoms with Crippen LogP contribution in [0.5, 0.6) is 5.75 Å². The van der Waals surface area contributed by atoms with Gasteiger partial charge in [-0.05, 0) is 12.1 Å². The molecule has 0 radical (unpaired) electrons. The summed E-state index contributed by atoms with van der Waals surface area (Å²) in [5.74, 6) is 2.26. The molecule has 0 aliphatic heterocycles. The maximum atomic E-state index is 5.74. The van der Waals surface area contributed by atoms with E-state index in [0.717, 1.165) is 23.7 Å². The van der Waals surface area contributed by atoms with Crippen molar-refractivity contribution in [2.45, 2.75) is 26.3 Å². The lowest BCUT2D eigenvalue weighted by Crippen LogP contribution is -2.12. The zero-order chi connectivity index (χ0) is 14.5. The molecule has 0 aliphatic rings. The van der Waals surface area contributed by atoms with Crippen molar-refractivity contribution in [2.75, 3.05) is 6.61 Å². The number of imidazole rings is 1. The molecule has 2 N–H and O–H groups in total. The summed E-state index contributed by atoms with van der Waals surface area (Å²) in [5, 5.41) is 0. The summed E-state index contributed by atoms with van der Waals surface area (Å²) < 4.78 is 7.85. The number of ether oxygens (including phenoxy) is 1. The number of hydrogen-bond donors (Lipinski definition) is 1. The van der Waals surface area contributed by atoms with Crippen LogP contribution in [0.2, 0.25) is 0 Å². The summed E-state index contributed by atoms with van der Waals surface area (Å²) >= 11 is 4.95.